The van der Waals surface area contributed by atoms with Crippen molar-refractivity contribution in [3.63, 3.8) is 0 Å². The van der Waals surface area contributed by atoms with E-state index in [-0.39, 0.29) is 18.5 Å². The Morgan fingerprint density at radius 1 is 1.20 bits per heavy atom. The normalized spacial score (nSPS) is 12.2. The number of halogens is 2. The first kappa shape index (κ1) is 15.0. The van der Waals surface area contributed by atoms with Crippen LogP contribution >= 0.6 is 15.9 Å². The Balaban J connectivity index is 2.02. The number of hydrogen-bond donors (Lipinski definition) is 1. The molecule has 0 aliphatic rings. The first-order chi connectivity index (χ1) is 9.60. The monoisotopic (exact) mass is 337 g/mol. The van der Waals surface area contributed by atoms with Gasteiger partial charge in [-0.2, -0.15) is 0 Å². The summed E-state index contributed by atoms with van der Waals surface area (Å²) >= 11 is 3.32. The first-order valence-electron chi connectivity index (χ1n) is 6.52. The molecule has 106 valence electrons. The topological polar surface area (TPSA) is 35.2 Å². The predicted octanol–water partition coefficient (Wildman–Crippen LogP) is 4.58. The van der Waals surface area contributed by atoms with Crippen molar-refractivity contribution in [3.05, 3.63) is 63.9 Å². The molecule has 0 spiro atoms. The summed E-state index contributed by atoms with van der Waals surface area (Å²) in [5, 5.41) is 0. The Bertz CT molecular complexity index is 571. The molecule has 0 radical (unpaired) electrons. The number of hydrogen-bond acceptors (Lipinski definition) is 2. The van der Waals surface area contributed by atoms with E-state index >= 15 is 0 Å². The Morgan fingerprint density at radius 2 is 1.90 bits per heavy atom. The molecule has 2 N–H and O–H groups in total. The molecule has 20 heavy (non-hydrogen) atoms. The van der Waals surface area contributed by atoms with Crippen LogP contribution in [0.3, 0.4) is 0 Å². The quantitative estimate of drug-likeness (QED) is 0.866. The van der Waals surface area contributed by atoms with E-state index in [2.05, 4.69) is 15.9 Å². The van der Waals surface area contributed by atoms with Gasteiger partial charge >= 0.3 is 0 Å². The molecule has 0 aromatic heterocycles. The fraction of sp³-hybridized carbons (Fsp3) is 0.250. The average Bonchev–Trinajstić information content (AvgIpc) is 2.48. The molecule has 2 aromatic carbocycles. The van der Waals surface area contributed by atoms with Gasteiger partial charge in [-0.25, -0.2) is 4.39 Å². The van der Waals surface area contributed by atoms with Crippen molar-refractivity contribution in [1.29, 1.82) is 0 Å². The lowest BCUT2D eigenvalue weighted by atomic mass is 10.1. The number of rotatable bonds is 5. The van der Waals surface area contributed by atoms with Crippen LogP contribution in [0, 0.1) is 5.82 Å². The number of ether oxygens (including phenoxy) is 1. The van der Waals surface area contributed by atoms with Gasteiger partial charge in [0.1, 0.15) is 18.2 Å². The number of benzene rings is 2. The molecule has 4 heteroatoms. The van der Waals surface area contributed by atoms with Gasteiger partial charge in [-0.3, -0.25) is 0 Å². The summed E-state index contributed by atoms with van der Waals surface area (Å²) in [6, 6.07) is 12.5. The van der Waals surface area contributed by atoms with E-state index < -0.39 is 0 Å². The molecule has 0 aliphatic carbocycles. The average molecular weight is 338 g/mol. The molecule has 1 atom stereocenters. The van der Waals surface area contributed by atoms with Gasteiger partial charge in [0.2, 0.25) is 0 Å². The molecule has 2 rings (SSSR count). The van der Waals surface area contributed by atoms with E-state index in [1.807, 2.05) is 31.2 Å². The highest BCUT2D eigenvalue weighted by atomic mass is 79.9. The van der Waals surface area contributed by atoms with Crippen molar-refractivity contribution in [2.24, 2.45) is 5.73 Å². The summed E-state index contributed by atoms with van der Waals surface area (Å²) in [5.41, 5.74) is 7.55. The fourth-order valence-corrected chi connectivity index (χ4v) is 2.27. The zero-order valence-electron chi connectivity index (χ0n) is 11.3. The lowest BCUT2D eigenvalue weighted by Crippen LogP contribution is -2.08. The van der Waals surface area contributed by atoms with Crippen molar-refractivity contribution in [3.8, 4) is 5.75 Å². The van der Waals surface area contributed by atoms with Crippen LogP contribution in [-0.2, 0) is 6.61 Å². The van der Waals surface area contributed by atoms with Gasteiger partial charge in [-0.1, -0.05) is 35.0 Å². The maximum absolute atomic E-state index is 13.6. The second kappa shape index (κ2) is 6.86. The Morgan fingerprint density at radius 3 is 2.55 bits per heavy atom. The van der Waals surface area contributed by atoms with Gasteiger partial charge in [0, 0.05) is 16.1 Å². The van der Waals surface area contributed by atoms with Crippen LogP contribution in [0.4, 0.5) is 4.39 Å². The highest BCUT2D eigenvalue weighted by molar-refractivity contribution is 9.10. The van der Waals surface area contributed by atoms with Crippen LogP contribution in [0.25, 0.3) is 0 Å². The van der Waals surface area contributed by atoms with E-state index in [9.17, 15) is 4.39 Å². The Kier molecular flexibility index (Phi) is 5.15. The lowest BCUT2D eigenvalue weighted by Gasteiger charge is -2.11. The summed E-state index contributed by atoms with van der Waals surface area (Å²) in [4.78, 5) is 0. The maximum atomic E-state index is 13.6. The third kappa shape index (κ3) is 3.81. The minimum absolute atomic E-state index is 0.0478. The SMILES string of the molecule is CC[C@@H](N)c1ccc(OCc2cc(Br)ccc2F)cc1. The molecule has 0 aliphatic heterocycles. The predicted molar refractivity (Wildman–Crippen MR) is 82.1 cm³/mol. The van der Waals surface area contributed by atoms with Crippen LogP contribution in [-0.4, -0.2) is 0 Å². The molecular formula is C16H17BrFNO. The summed E-state index contributed by atoms with van der Waals surface area (Å²) < 4.78 is 20.0. The highest BCUT2D eigenvalue weighted by Gasteiger charge is 2.05. The summed E-state index contributed by atoms with van der Waals surface area (Å²) in [5.74, 6) is 0.439. The molecule has 2 aromatic rings. The van der Waals surface area contributed by atoms with E-state index in [1.54, 1.807) is 12.1 Å². The zero-order valence-corrected chi connectivity index (χ0v) is 12.9. The van der Waals surface area contributed by atoms with Gasteiger partial charge < -0.3 is 10.5 Å². The molecular weight excluding hydrogens is 321 g/mol. The van der Waals surface area contributed by atoms with Gasteiger partial charge in [-0.05, 0) is 42.3 Å². The summed E-state index contributed by atoms with van der Waals surface area (Å²) in [6.07, 6.45) is 0.892. The molecule has 0 fully saturated rings. The molecule has 2 nitrogen and oxygen atoms in total. The summed E-state index contributed by atoms with van der Waals surface area (Å²) in [7, 11) is 0. The second-order valence-corrected chi connectivity index (χ2v) is 5.52. The van der Waals surface area contributed by atoms with E-state index in [1.165, 1.54) is 6.07 Å². The third-order valence-corrected chi connectivity index (χ3v) is 3.64. The minimum atomic E-state index is -0.266. The highest BCUT2D eigenvalue weighted by Crippen LogP contribution is 2.21. The van der Waals surface area contributed by atoms with Crippen molar-refractivity contribution >= 4 is 15.9 Å². The number of nitrogens with two attached hydrogens (primary N) is 1. The maximum Gasteiger partial charge on any atom is 0.129 e. The Labute approximate surface area is 126 Å². The molecule has 0 bridgehead atoms. The van der Waals surface area contributed by atoms with Crippen molar-refractivity contribution in [2.45, 2.75) is 26.0 Å². The van der Waals surface area contributed by atoms with Crippen LogP contribution in [0.2, 0.25) is 0 Å². The molecule has 0 saturated heterocycles. The van der Waals surface area contributed by atoms with Gasteiger partial charge in [0.15, 0.2) is 0 Å². The molecule has 0 saturated carbocycles. The van der Waals surface area contributed by atoms with Crippen molar-refractivity contribution in [1.82, 2.24) is 0 Å². The molecule has 0 heterocycles. The van der Waals surface area contributed by atoms with Crippen LogP contribution in [0.1, 0.15) is 30.5 Å². The van der Waals surface area contributed by atoms with Crippen LogP contribution < -0.4 is 10.5 Å². The van der Waals surface area contributed by atoms with Gasteiger partial charge in [-0.15, -0.1) is 0 Å². The minimum Gasteiger partial charge on any atom is -0.489 e. The Hall–Kier alpha value is -1.39. The van der Waals surface area contributed by atoms with Gasteiger partial charge in [0.05, 0.1) is 0 Å². The second-order valence-electron chi connectivity index (χ2n) is 4.61. The van der Waals surface area contributed by atoms with Crippen LogP contribution in [0.15, 0.2) is 46.9 Å². The largest absolute Gasteiger partial charge is 0.489 e. The van der Waals surface area contributed by atoms with Crippen LogP contribution in [0.5, 0.6) is 5.75 Å². The van der Waals surface area contributed by atoms with E-state index in [4.69, 9.17) is 10.5 Å². The molecule has 0 amide bonds. The van der Waals surface area contributed by atoms with E-state index in [0.29, 0.717) is 11.3 Å². The smallest absolute Gasteiger partial charge is 0.129 e. The van der Waals surface area contributed by atoms with Crippen molar-refractivity contribution < 1.29 is 9.13 Å². The van der Waals surface area contributed by atoms with Gasteiger partial charge in [0.25, 0.3) is 0 Å². The lowest BCUT2D eigenvalue weighted by molar-refractivity contribution is 0.299. The summed E-state index contributed by atoms with van der Waals surface area (Å²) in [6.45, 7) is 2.25. The molecule has 0 unspecified atom stereocenters. The fourth-order valence-electron chi connectivity index (χ4n) is 1.86. The van der Waals surface area contributed by atoms with E-state index in [0.717, 1.165) is 16.5 Å². The third-order valence-electron chi connectivity index (χ3n) is 3.15. The first-order valence-corrected chi connectivity index (χ1v) is 7.31. The van der Waals surface area contributed by atoms with Crippen molar-refractivity contribution in [2.75, 3.05) is 0 Å². The standard InChI is InChI=1S/C16H17BrFNO/c1-2-16(19)11-3-6-14(7-4-11)20-10-12-9-13(17)5-8-15(12)18/h3-9,16H,2,10,19H2,1H3/t16-/m1/s1. The zero-order chi connectivity index (χ0) is 14.5.